The van der Waals surface area contributed by atoms with E-state index in [4.69, 9.17) is 0 Å². The molecule has 0 aliphatic heterocycles. The fraction of sp³-hybridized carbons (Fsp3) is 0.778. The molecule has 0 aromatic rings. The number of rotatable bonds is 12. The van der Waals surface area contributed by atoms with Gasteiger partial charge in [0.25, 0.3) is 0 Å². The highest BCUT2D eigenvalue weighted by atomic mass is 14.2. The van der Waals surface area contributed by atoms with Gasteiger partial charge in [0.15, 0.2) is 0 Å². The third-order valence-corrected chi connectivity index (χ3v) is 4.90. The summed E-state index contributed by atoms with van der Waals surface area (Å²) < 4.78 is 0. The Kier molecular flexibility index (Phi) is 31.4. The van der Waals surface area contributed by atoms with Gasteiger partial charge in [-0.05, 0) is 25.7 Å². The Labute approximate surface area is 174 Å². The van der Waals surface area contributed by atoms with E-state index in [0.717, 1.165) is 5.92 Å². The van der Waals surface area contributed by atoms with Gasteiger partial charge < -0.3 is 0 Å². The van der Waals surface area contributed by atoms with Crippen LogP contribution in [0.25, 0.3) is 0 Å². The molecule has 27 heavy (non-hydrogen) atoms. The van der Waals surface area contributed by atoms with Crippen molar-refractivity contribution in [2.45, 2.75) is 132 Å². The molecule has 0 aromatic heterocycles. The summed E-state index contributed by atoms with van der Waals surface area (Å²) >= 11 is 0. The van der Waals surface area contributed by atoms with Crippen LogP contribution in [-0.4, -0.2) is 0 Å². The van der Waals surface area contributed by atoms with E-state index in [1.54, 1.807) is 5.57 Å². The Balaban J connectivity index is -0.000000543. The van der Waals surface area contributed by atoms with Gasteiger partial charge in [-0.2, -0.15) is 0 Å². The van der Waals surface area contributed by atoms with Gasteiger partial charge in [0.05, 0.1) is 0 Å². The Morgan fingerprint density at radius 3 is 1.56 bits per heavy atom. The molecule has 0 spiro atoms. The molecular weight excluding hydrogens is 324 g/mol. The fourth-order valence-corrected chi connectivity index (χ4v) is 3.15. The Morgan fingerprint density at radius 2 is 1.19 bits per heavy atom. The van der Waals surface area contributed by atoms with Crippen LogP contribution in [0.15, 0.2) is 36.5 Å². The van der Waals surface area contributed by atoms with Crippen LogP contribution < -0.4 is 0 Å². The average Bonchev–Trinajstić information content (AvgIpc) is 3.14. The maximum Gasteiger partial charge on any atom is -0.0102 e. The summed E-state index contributed by atoms with van der Waals surface area (Å²) in [5.41, 5.74) is 3.20. The topological polar surface area (TPSA) is 0 Å². The second kappa shape index (κ2) is 27.4. The average molecular weight is 379 g/mol. The molecule has 0 heteroatoms. The lowest BCUT2D eigenvalue weighted by atomic mass is 9.93. The lowest BCUT2D eigenvalue weighted by molar-refractivity contribution is 0.517. The zero-order valence-electron chi connectivity index (χ0n) is 20.3. The van der Waals surface area contributed by atoms with Crippen LogP contribution in [0.1, 0.15) is 132 Å². The molecule has 0 nitrogen and oxygen atoms in total. The Morgan fingerprint density at radius 1 is 0.741 bits per heavy atom. The van der Waals surface area contributed by atoms with Gasteiger partial charge in [-0.15, -0.1) is 13.2 Å². The van der Waals surface area contributed by atoms with E-state index in [1.165, 1.54) is 89.0 Å². The molecule has 1 aliphatic rings. The minimum Gasteiger partial charge on any atom is -0.106 e. The van der Waals surface area contributed by atoms with Crippen LogP contribution in [0.5, 0.6) is 0 Å². The predicted molar refractivity (Wildman–Crippen MR) is 131 cm³/mol. The molecule has 0 heterocycles. The highest BCUT2D eigenvalue weighted by molar-refractivity contribution is 5.30. The first-order chi connectivity index (χ1) is 13.2. The van der Waals surface area contributed by atoms with Crippen molar-refractivity contribution in [2.75, 3.05) is 0 Å². The van der Waals surface area contributed by atoms with Crippen molar-refractivity contribution in [1.82, 2.24) is 0 Å². The molecule has 0 saturated carbocycles. The third-order valence-electron chi connectivity index (χ3n) is 4.90. The second-order valence-corrected chi connectivity index (χ2v) is 7.45. The molecule has 162 valence electrons. The second-order valence-electron chi connectivity index (χ2n) is 7.45. The summed E-state index contributed by atoms with van der Waals surface area (Å²) in [5.74, 6) is 0.804. The maximum atomic E-state index is 3.00. The van der Waals surface area contributed by atoms with Gasteiger partial charge >= 0.3 is 0 Å². The van der Waals surface area contributed by atoms with Crippen LogP contribution in [0.4, 0.5) is 0 Å². The smallest absolute Gasteiger partial charge is 0.0102 e. The van der Waals surface area contributed by atoms with Crippen molar-refractivity contribution in [3.05, 3.63) is 36.5 Å². The molecule has 0 bridgehead atoms. The summed E-state index contributed by atoms with van der Waals surface area (Å²) in [7, 11) is 0. The molecule has 0 amide bonds. The van der Waals surface area contributed by atoms with Gasteiger partial charge in [0, 0.05) is 0 Å². The largest absolute Gasteiger partial charge is 0.106 e. The molecule has 0 radical (unpaired) electrons. The van der Waals surface area contributed by atoms with Gasteiger partial charge in [0.1, 0.15) is 0 Å². The van der Waals surface area contributed by atoms with Crippen LogP contribution in [0.2, 0.25) is 0 Å². The third kappa shape index (κ3) is 23.2. The van der Waals surface area contributed by atoms with Crippen molar-refractivity contribution in [1.29, 1.82) is 0 Å². The molecule has 1 rings (SSSR count). The zero-order valence-corrected chi connectivity index (χ0v) is 20.3. The van der Waals surface area contributed by atoms with E-state index in [0.29, 0.717) is 0 Å². The molecule has 1 aliphatic carbocycles. The minimum atomic E-state index is 0.804. The first-order valence-electron chi connectivity index (χ1n) is 12.0. The minimum absolute atomic E-state index is 0.804. The van der Waals surface area contributed by atoms with Gasteiger partial charge in [-0.25, -0.2) is 0 Å². The van der Waals surface area contributed by atoms with Crippen molar-refractivity contribution >= 4 is 0 Å². The standard InChI is InChI=1S/C18H32.C5H12.C2H6.C2H4/c1-4-5-6-7-8-9-10-11-12-17(3)18-14-13-16(2)15-18;1-3-5-4-2;2*1-2/h13-14,17H,4-12,15H2,1-3H3;3-5H2,1-2H3;1-2H3;1-2H2. The van der Waals surface area contributed by atoms with Crippen LogP contribution >= 0.6 is 0 Å². The summed E-state index contributed by atoms with van der Waals surface area (Å²) in [6.45, 7) is 21.4. The summed E-state index contributed by atoms with van der Waals surface area (Å²) in [6.07, 6.45) is 22.8. The van der Waals surface area contributed by atoms with E-state index >= 15 is 0 Å². The summed E-state index contributed by atoms with van der Waals surface area (Å²) in [6, 6.07) is 0. The Hall–Kier alpha value is -0.780. The highest BCUT2D eigenvalue weighted by Gasteiger charge is 2.11. The monoisotopic (exact) mass is 378 g/mol. The first kappa shape index (κ1) is 30.9. The van der Waals surface area contributed by atoms with Crippen LogP contribution in [0.3, 0.4) is 0 Å². The number of allylic oxidation sites excluding steroid dienone is 4. The molecule has 0 fully saturated rings. The lowest BCUT2D eigenvalue weighted by Crippen LogP contribution is -1.98. The summed E-state index contributed by atoms with van der Waals surface area (Å²) in [5, 5.41) is 0. The highest BCUT2D eigenvalue weighted by Crippen LogP contribution is 2.28. The normalized spacial score (nSPS) is 13.0. The zero-order chi connectivity index (χ0) is 21.3. The number of unbranched alkanes of at least 4 members (excludes halogenated alkanes) is 9. The quantitative estimate of drug-likeness (QED) is 0.234. The Bertz CT molecular complexity index is 319. The van der Waals surface area contributed by atoms with Crippen LogP contribution in [0, 0.1) is 5.92 Å². The van der Waals surface area contributed by atoms with Crippen LogP contribution in [-0.2, 0) is 0 Å². The lowest BCUT2D eigenvalue weighted by Gasteiger charge is -2.13. The van der Waals surface area contributed by atoms with E-state index in [2.05, 4.69) is 59.9 Å². The van der Waals surface area contributed by atoms with Gasteiger partial charge in [0.2, 0.25) is 0 Å². The van der Waals surface area contributed by atoms with Crippen molar-refractivity contribution < 1.29 is 0 Å². The van der Waals surface area contributed by atoms with E-state index in [9.17, 15) is 0 Å². The molecule has 0 N–H and O–H groups in total. The maximum absolute atomic E-state index is 3.00. The molecule has 0 saturated heterocycles. The van der Waals surface area contributed by atoms with Gasteiger partial charge in [-0.3, -0.25) is 0 Å². The molecule has 0 aromatic carbocycles. The molecule has 1 atom stereocenters. The van der Waals surface area contributed by atoms with E-state index in [1.807, 2.05) is 13.8 Å². The molecule has 1 unspecified atom stereocenters. The van der Waals surface area contributed by atoms with Crippen molar-refractivity contribution in [3.8, 4) is 0 Å². The summed E-state index contributed by atoms with van der Waals surface area (Å²) in [4.78, 5) is 0. The van der Waals surface area contributed by atoms with E-state index in [-0.39, 0.29) is 0 Å². The van der Waals surface area contributed by atoms with Gasteiger partial charge in [-0.1, -0.05) is 135 Å². The molecular formula is C27H54. The SMILES string of the molecule is C=C.CC.CCCCC.CCCCCCCCCCC(C)C1=CC=C(C)C1. The number of hydrogen-bond acceptors (Lipinski definition) is 0. The van der Waals surface area contributed by atoms with Crippen molar-refractivity contribution in [3.63, 3.8) is 0 Å². The number of hydrogen-bond donors (Lipinski definition) is 0. The van der Waals surface area contributed by atoms with Crippen molar-refractivity contribution in [2.24, 2.45) is 5.92 Å². The fourth-order valence-electron chi connectivity index (χ4n) is 3.15. The predicted octanol–water partition coefficient (Wildman–Crippen LogP) is 10.5. The first-order valence-corrected chi connectivity index (χ1v) is 12.0. The van der Waals surface area contributed by atoms with E-state index < -0.39 is 0 Å².